The Morgan fingerprint density at radius 3 is 2.53 bits per heavy atom. The van der Waals surface area contributed by atoms with Gasteiger partial charge >= 0.3 is 0 Å². The molecule has 0 N–H and O–H groups in total. The number of aldehydes is 1. The summed E-state index contributed by atoms with van der Waals surface area (Å²) in [5.41, 5.74) is 1.32. The molecule has 1 aromatic carbocycles. The maximum Gasteiger partial charge on any atom is 0.152 e. The van der Waals surface area contributed by atoms with Crippen molar-refractivity contribution in [2.45, 2.75) is 0 Å². The van der Waals surface area contributed by atoms with E-state index in [-0.39, 0.29) is 0 Å². The normalized spacial score (nSPS) is 9.53. The molecule has 4 heteroatoms. The van der Waals surface area contributed by atoms with Crippen LogP contribution >= 0.6 is 12.8 Å². The molecule has 0 bridgehead atoms. The summed E-state index contributed by atoms with van der Waals surface area (Å²) in [7, 11) is 3.74. The zero-order chi connectivity index (χ0) is 11.4. The number of hydrogen-bond acceptors (Lipinski definition) is 4. The summed E-state index contributed by atoms with van der Waals surface area (Å²) in [4.78, 5) is 12.6. The standard InChI is InChI=1S/C11H14N2OS/c1-9(12(2)3)13(15)11-7-5-4-6-10(11)8-14/h4-8,15H,1H2,2-3H3. The minimum atomic E-state index is 0.593. The second-order valence-electron chi connectivity index (χ2n) is 3.30. The van der Waals surface area contributed by atoms with Crippen molar-refractivity contribution < 1.29 is 4.79 Å². The zero-order valence-electron chi connectivity index (χ0n) is 8.84. The van der Waals surface area contributed by atoms with Gasteiger partial charge in [0.2, 0.25) is 0 Å². The number of hydrogen-bond donors (Lipinski definition) is 1. The summed E-state index contributed by atoms with van der Waals surface area (Å²) in [6, 6.07) is 7.24. The molecule has 0 aliphatic carbocycles. The summed E-state index contributed by atoms with van der Waals surface area (Å²) in [5.74, 6) is 0.702. The van der Waals surface area contributed by atoms with Gasteiger partial charge in [0, 0.05) is 19.7 Å². The molecule has 0 aromatic heterocycles. The molecule has 0 amide bonds. The van der Waals surface area contributed by atoms with Crippen LogP contribution in [0.2, 0.25) is 0 Å². The number of carbonyl (C=O) groups excluding carboxylic acids is 1. The van der Waals surface area contributed by atoms with E-state index < -0.39 is 0 Å². The van der Waals surface area contributed by atoms with E-state index in [1.54, 1.807) is 10.4 Å². The first-order valence-corrected chi connectivity index (χ1v) is 4.87. The molecule has 0 fully saturated rings. The second kappa shape index (κ2) is 4.89. The van der Waals surface area contributed by atoms with Gasteiger partial charge < -0.3 is 4.90 Å². The first-order valence-electron chi connectivity index (χ1n) is 4.47. The predicted molar refractivity (Wildman–Crippen MR) is 66.1 cm³/mol. The highest BCUT2D eigenvalue weighted by molar-refractivity contribution is 7.82. The van der Waals surface area contributed by atoms with E-state index in [0.29, 0.717) is 11.4 Å². The lowest BCUT2D eigenvalue weighted by molar-refractivity contribution is 0.112. The van der Waals surface area contributed by atoms with Crippen LogP contribution in [0.4, 0.5) is 5.69 Å². The van der Waals surface area contributed by atoms with Crippen LogP contribution in [-0.2, 0) is 0 Å². The van der Waals surface area contributed by atoms with Gasteiger partial charge in [0.05, 0.1) is 5.69 Å². The number of anilines is 1. The highest BCUT2D eigenvalue weighted by Gasteiger charge is 2.11. The van der Waals surface area contributed by atoms with E-state index in [2.05, 4.69) is 19.4 Å². The van der Waals surface area contributed by atoms with Gasteiger partial charge in [0.15, 0.2) is 6.29 Å². The Bertz CT molecular complexity index is 377. The highest BCUT2D eigenvalue weighted by Crippen LogP contribution is 2.24. The van der Waals surface area contributed by atoms with Gasteiger partial charge in [-0.05, 0) is 12.1 Å². The summed E-state index contributed by atoms with van der Waals surface area (Å²) in [6.07, 6.45) is 0.807. The molecule has 80 valence electrons. The SMILES string of the molecule is C=C(N(C)C)N(S)c1ccccc1C=O. The van der Waals surface area contributed by atoms with Crippen molar-refractivity contribution in [1.29, 1.82) is 0 Å². The van der Waals surface area contributed by atoms with Crippen LogP contribution in [0.15, 0.2) is 36.7 Å². The van der Waals surface area contributed by atoms with Gasteiger partial charge in [0.1, 0.15) is 5.82 Å². The van der Waals surface area contributed by atoms with E-state index >= 15 is 0 Å². The molecular formula is C11H14N2OS. The summed E-state index contributed by atoms with van der Waals surface area (Å²) >= 11 is 4.31. The molecule has 0 heterocycles. The van der Waals surface area contributed by atoms with E-state index in [0.717, 1.165) is 12.0 Å². The van der Waals surface area contributed by atoms with Gasteiger partial charge in [-0.3, -0.25) is 9.10 Å². The number of nitrogens with zero attached hydrogens (tertiary/aromatic N) is 2. The number of thiol groups is 1. The number of carbonyl (C=O) groups is 1. The van der Waals surface area contributed by atoms with Crippen LogP contribution in [0.3, 0.4) is 0 Å². The van der Waals surface area contributed by atoms with Crippen molar-refractivity contribution in [2.24, 2.45) is 0 Å². The van der Waals surface area contributed by atoms with Gasteiger partial charge in [-0.25, -0.2) is 0 Å². The van der Waals surface area contributed by atoms with E-state index in [9.17, 15) is 4.79 Å². The minimum Gasteiger partial charge on any atom is -0.364 e. The van der Waals surface area contributed by atoms with Crippen molar-refractivity contribution in [3.05, 3.63) is 42.2 Å². The maximum atomic E-state index is 10.8. The molecule has 0 aliphatic rings. The van der Waals surface area contributed by atoms with Crippen LogP contribution in [-0.4, -0.2) is 25.3 Å². The molecule has 0 unspecified atom stereocenters. The molecule has 1 rings (SSSR count). The monoisotopic (exact) mass is 222 g/mol. The van der Waals surface area contributed by atoms with Crippen LogP contribution in [0.5, 0.6) is 0 Å². The van der Waals surface area contributed by atoms with Crippen LogP contribution in [0.1, 0.15) is 10.4 Å². The van der Waals surface area contributed by atoms with Gasteiger partial charge in [0.25, 0.3) is 0 Å². The smallest absolute Gasteiger partial charge is 0.152 e. The number of rotatable bonds is 4. The first kappa shape index (κ1) is 11.7. The highest BCUT2D eigenvalue weighted by atomic mass is 32.1. The van der Waals surface area contributed by atoms with Gasteiger partial charge in [-0.1, -0.05) is 31.5 Å². The largest absolute Gasteiger partial charge is 0.364 e. The average Bonchev–Trinajstić information content (AvgIpc) is 2.26. The Morgan fingerprint density at radius 2 is 2.00 bits per heavy atom. The Morgan fingerprint density at radius 1 is 1.40 bits per heavy atom. The van der Waals surface area contributed by atoms with Gasteiger partial charge in [-0.15, -0.1) is 0 Å². The maximum absolute atomic E-state index is 10.8. The molecule has 0 saturated heterocycles. The molecule has 0 saturated carbocycles. The lowest BCUT2D eigenvalue weighted by atomic mass is 10.2. The third-order valence-corrected chi connectivity index (χ3v) is 2.50. The molecule has 3 nitrogen and oxygen atoms in total. The predicted octanol–water partition coefficient (Wildman–Crippen LogP) is 2.18. The van der Waals surface area contributed by atoms with Crippen LogP contribution in [0.25, 0.3) is 0 Å². The number of para-hydroxylation sites is 1. The Balaban J connectivity index is 3.05. The summed E-state index contributed by atoms with van der Waals surface area (Å²) in [6.45, 7) is 3.87. The Kier molecular flexibility index (Phi) is 3.80. The quantitative estimate of drug-likeness (QED) is 0.624. The molecule has 0 radical (unpaired) electrons. The molecule has 0 spiro atoms. The summed E-state index contributed by atoms with van der Waals surface area (Å²) < 4.78 is 1.59. The van der Waals surface area contributed by atoms with E-state index in [1.165, 1.54) is 0 Å². The average molecular weight is 222 g/mol. The molecule has 1 aromatic rings. The fourth-order valence-corrected chi connectivity index (χ4v) is 1.47. The Hall–Kier alpha value is -1.42. The van der Waals surface area contributed by atoms with Crippen molar-refractivity contribution in [3.63, 3.8) is 0 Å². The van der Waals surface area contributed by atoms with Crippen LogP contribution in [0, 0.1) is 0 Å². The zero-order valence-corrected chi connectivity index (χ0v) is 9.74. The second-order valence-corrected chi connectivity index (χ2v) is 3.70. The topological polar surface area (TPSA) is 23.6 Å². The molecular weight excluding hydrogens is 208 g/mol. The molecule has 0 aliphatic heterocycles. The molecule has 0 atom stereocenters. The van der Waals surface area contributed by atoms with Crippen molar-refractivity contribution in [3.8, 4) is 0 Å². The van der Waals surface area contributed by atoms with E-state index in [4.69, 9.17) is 0 Å². The third-order valence-electron chi connectivity index (χ3n) is 2.05. The van der Waals surface area contributed by atoms with E-state index in [1.807, 2.05) is 37.2 Å². The number of benzene rings is 1. The minimum absolute atomic E-state index is 0.593. The van der Waals surface area contributed by atoms with Crippen LogP contribution < -0.4 is 4.31 Å². The van der Waals surface area contributed by atoms with Crippen molar-refractivity contribution >= 4 is 24.8 Å². The Labute approximate surface area is 95.5 Å². The third kappa shape index (κ3) is 2.53. The molecule has 15 heavy (non-hydrogen) atoms. The fourth-order valence-electron chi connectivity index (χ4n) is 1.11. The van der Waals surface area contributed by atoms with Crippen molar-refractivity contribution in [1.82, 2.24) is 4.90 Å². The first-order chi connectivity index (χ1) is 7.07. The lowest BCUT2D eigenvalue weighted by Gasteiger charge is -2.26. The summed E-state index contributed by atoms with van der Waals surface area (Å²) in [5, 5.41) is 0. The van der Waals surface area contributed by atoms with Crippen molar-refractivity contribution in [2.75, 3.05) is 18.4 Å². The fraction of sp³-hybridized carbons (Fsp3) is 0.182. The lowest BCUT2D eigenvalue weighted by Crippen LogP contribution is -2.23. The van der Waals surface area contributed by atoms with Gasteiger partial charge in [-0.2, -0.15) is 0 Å².